The number of hydrogen-bond acceptors (Lipinski definition) is 15. The first-order valence-corrected chi connectivity index (χ1v) is 36.2. The van der Waals surface area contributed by atoms with Crippen LogP contribution in [-0.4, -0.2) is 78.3 Å². The van der Waals surface area contributed by atoms with Crippen molar-refractivity contribution in [2.75, 3.05) is 51.0 Å². The normalized spacial score (nSPS) is 11.9. The van der Waals surface area contributed by atoms with Gasteiger partial charge in [0.05, 0.1) is 47.3 Å². The third kappa shape index (κ3) is 18.5. The minimum absolute atomic E-state index is 0.133. The van der Waals surface area contributed by atoms with E-state index in [2.05, 4.69) is 107 Å². The minimum Gasteiger partial charge on any atom is -0.744 e. The smallest absolute Gasteiger partial charge is 0.338 e. The number of nitrogens with one attached hydrogen (secondary N) is 4. The molecular weight excluding hydrogens is 1270 g/mol. The highest BCUT2D eigenvalue weighted by atomic mass is 32.2. The van der Waals surface area contributed by atoms with Gasteiger partial charge in [0.25, 0.3) is 0 Å². The molecule has 2 aliphatic heterocycles. The number of fused-ring (bicyclic) bond motifs is 4. The molecule has 0 spiro atoms. The molecule has 0 saturated carbocycles. The average molecular weight is 1360 g/mol. The maximum Gasteiger partial charge on any atom is 0.338 e. The Bertz CT molecular complexity index is 4520. The van der Waals surface area contributed by atoms with Crippen LogP contribution in [0.4, 0.5) is 11.4 Å². The molecule has 6 aromatic rings. The third-order valence-corrected chi connectivity index (χ3v) is 18.7. The lowest BCUT2D eigenvalue weighted by Gasteiger charge is -2.19. The summed E-state index contributed by atoms with van der Waals surface area (Å²) in [6.45, 7) is 22.1. The molecule has 2 aliphatic carbocycles. The van der Waals surface area contributed by atoms with Crippen molar-refractivity contribution in [2.45, 2.75) is 143 Å². The van der Waals surface area contributed by atoms with Crippen molar-refractivity contribution in [1.82, 2.24) is 0 Å². The van der Waals surface area contributed by atoms with E-state index in [1.807, 2.05) is 72.8 Å². The summed E-state index contributed by atoms with van der Waals surface area (Å²) in [6.07, 6.45) is 12.1. The molecule has 97 heavy (non-hydrogen) atoms. The van der Waals surface area contributed by atoms with Crippen LogP contribution in [0.15, 0.2) is 158 Å². The number of methoxy groups -OCH3 is 2. The second-order valence-electron chi connectivity index (χ2n) is 24.0. The van der Waals surface area contributed by atoms with E-state index in [9.17, 15) is 35.5 Å². The predicted molar refractivity (Wildman–Crippen MR) is 380 cm³/mol. The highest BCUT2D eigenvalue weighted by Crippen LogP contribution is 2.45. The van der Waals surface area contributed by atoms with Crippen LogP contribution in [0.2, 0.25) is 0 Å². The Labute approximate surface area is 570 Å². The maximum absolute atomic E-state index is 12.6. The fourth-order valence-corrected chi connectivity index (χ4v) is 13.4. The second-order valence-corrected chi connectivity index (χ2v) is 26.7. The molecule has 0 atom stereocenters. The molecular formula is C78H90N4O13S2. The van der Waals surface area contributed by atoms with Crippen LogP contribution in [0.1, 0.15) is 147 Å². The number of ether oxygens (including phenoxy) is 3. The van der Waals surface area contributed by atoms with Crippen LogP contribution >= 0.6 is 0 Å². The molecule has 0 saturated heterocycles. The van der Waals surface area contributed by atoms with Gasteiger partial charge in [0.1, 0.15) is 67.5 Å². The van der Waals surface area contributed by atoms with Gasteiger partial charge < -0.3 is 42.8 Å². The number of unbranched alkanes of at least 4 members (excludes halogenated alkanes) is 9. The molecule has 0 bridgehead atoms. The standard InChI is InChI=1S/2C27H28N2O3.C24H34O7S2/c2*1-6-28-22-14-24-20(12-16(22)3)26(18-10-8-9-11-19(18)27(30)31-5)21-13-17(4)23(29-7-2)15-25(21)32-24;1-2-3-4-5-6-7-8-9-10-11-12-20-13-14-22(19-24(20)33(28,29)30)31-21-15-17-23(18-16-21)32(25,26)27/h2*8-15,28H,6-7H2,1-5H3;13-19H,2-12H2,1H3,(H,25,26,27)(H,28,29,30). The van der Waals surface area contributed by atoms with Crippen molar-refractivity contribution in [3.05, 3.63) is 189 Å². The number of hydrogen-bond donors (Lipinski definition) is 4. The van der Waals surface area contributed by atoms with Gasteiger partial charge in [0.2, 0.25) is 10.7 Å². The zero-order chi connectivity index (χ0) is 70.0. The highest BCUT2D eigenvalue weighted by molar-refractivity contribution is 7.86. The van der Waals surface area contributed by atoms with Crippen LogP contribution in [0.25, 0.3) is 66.8 Å². The van der Waals surface area contributed by atoms with Crippen LogP contribution in [0, 0.1) is 27.7 Å². The molecule has 6 aromatic carbocycles. The highest BCUT2D eigenvalue weighted by Gasteiger charge is 2.26. The summed E-state index contributed by atoms with van der Waals surface area (Å²) in [4.78, 5) is 31.4. The summed E-state index contributed by atoms with van der Waals surface area (Å²) in [5.74, 6) is 1.16. The number of carbonyl (C=O) groups is 2. The SMILES string of the molecule is CCCCCCCCCCCCc1ccc(Oc2ccc(S(=O)(=O)[O-])cc2)cc1S(=O)(=O)[O-].CCNc1cc2oc3cc(=[NH+]CC)c(C)cc-3c(-c3ccccc3C(=O)OC)c2cc1C.CCNc1cc2oc3cc(=[NH+]CC)c(C)cc-3c(-c3ccccc3C(=O)OC)c2cc1C. The van der Waals surface area contributed by atoms with Crippen molar-refractivity contribution in [1.29, 1.82) is 0 Å². The van der Waals surface area contributed by atoms with Crippen LogP contribution in [-0.2, 0) is 36.1 Å². The first-order valence-electron chi connectivity index (χ1n) is 33.4. The maximum atomic E-state index is 12.6. The minimum atomic E-state index is -4.69. The first-order chi connectivity index (χ1) is 46.6. The second kappa shape index (κ2) is 34.2. The molecule has 2 heterocycles. The van der Waals surface area contributed by atoms with Gasteiger partial charge in [-0.1, -0.05) is 107 Å². The Balaban J connectivity index is 0.000000186. The van der Waals surface area contributed by atoms with Gasteiger partial charge in [-0.3, -0.25) is 0 Å². The fourth-order valence-electron chi connectivity index (χ4n) is 12.1. The van der Waals surface area contributed by atoms with Gasteiger partial charge >= 0.3 is 11.9 Å². The van der Waals surface area contributed by atoms with Crippen molar-refractivity contribution in [3.8, 4) is 56.4 Å². The lowest BCUT2D eigenvalue weighted by atomic mass is 9.89. The quantitative estimate of drug-likeness (QED) is 0.0180. The Hall–Kier alpha value is -9.14. The number of benzene rings is 8. The summed E-state index contributed by atoms with van der Waals surface area (Å²) < 4.78 is 96.9. The number of aryl methyl sites for hydroxylation is 5. The van der Waals surface area contributed by atoms with Crippen molar-refractivity contribution < 1.29 is 68.6 Å². The Morgan fingerprint density at radius 3 is 1.32 bits per heavy atom. The molecule has 10 rings (SSSR count). The van der Waals surface area contributed by atoms with E-state index in [4.69, 9.17) is 23.0 Å². The molecule has 0 amide bonds. The average Bonchev–Trinajstić information content (AvgIpc) is 0.747. The lowest BCUT2D eigenvalue weighted by Crippen LogP contribution is -2.76. The van der Waals surface area contributed by atoms with Crippen molar-refractivity contribution >= 4 is 65.5 Å². The molecule has 0 fully saturated rings. The largest absolute Gasteiger partial charge is 0.744 e. The molecule has 0 unspecified atom stereocenters. The Kier molecular flexibility index (Phi) is 26.0. The molecule has 0 aromatic heterocycles. The molecule has 0 radical (unpaired) electrons. The predicted octanol–water partition coefficient (Wildman–Crippen LogP) is 13.8. The molecule has 17 nitrogen and oxygen atoms in total. The van der Waals surface area contributed by atoms with Gasteiger partial charge in [-0.2, -0.15) is 0 Å². The summed E-state index contributed by atoms with van der Waals surface area (Å²) in [7, 11) is -6.44. The van der Waals surface area contributed by atoms with E-state index in [1.165, 1.54) is 70.9 Å². The topological polar surface area (TPSA) is 255 Å². The Morgan fingerprint density at radius 2 is 0.907 bits per heavy atom. The third-order valence-electron chi connectivity index (χ3n) is 17.0. The zero-order valence-corrected chi connectivity index (χ0v) is 59.1. The molecule has 4 N–H and O–H groups in total. The Morgan fingerprint density at radius 1 is 0.474 bits per heavy atom. The summed E-state index contributed by atoms with van der Waals surface area (Å²) in [5, 5.41) is 10.8. The number of anilines is 2. The zero-order valence-electron chi connectivity index (χ0n) is 57.5. The van der Waals surface area contributed by atoms with E-state index in [0.29, 0.717) is 23.1 Å². The number of carbonyl (C=O) groups excluding carboxylic acids is 2. The van der Waals surface area contributed by atoms with E-state index in [1.54, 1.807) is 12.1 Å². The van der Waals surface area contributed by atoms with Crippen molar-refractivity contribution in [3.63, 3.8) is 0 Å². The van der Waals surface area contributed by atoms with Crippen LogP contribution in [0.3, 0.4) is 0 Å². The van der Waals surface area contributed by atoms with Gasteiger partial charge in [-0.25, -0.2) is 36.4 Å². The molecule has 512 valence electrons. The summed E-state index contributed by atoms with van der Waals surface area (Å²) in [6, 6.07) is 41.0. The van der Waals surface area contributed by atoms with Gasteiger partial charge in [0.15, 0.2) is 0 Å². The van der Waals surface area contributed by atoms with E-state index in [-0.39, 0.29) is 28.3 Å². The molecule has 4 aliphatic rings. The van der Waals surface area contributed by atoms with E-state index in [0.717, 1.165) is 175 Å². The van der Waals surface area contributed by atoms with E-state index < -0.39 is 25.1 Å². The number of esters is 2. The summed E-state index contributed by atoms with van der Waals surface area (Å²) >= 11 is 0. The van der Waals surface area contributed by atoms with Crippen LogP contribution in [0.5, 0.6) is 11.5 Å². The first kappa shape index (κ1) is 73.7. The lowest BCUT2D eigenvalue weighted by molar-refractivity contribution is -0.496. The van der Waals surface area contributed by atoms with Gasteiger partial charge in [-0.05, 0) is 169 Å². The van der Waals surface area contributed by atoms with Crippen molar-refractivity contribution in [2.24, 2.45) is 0 Å². The monoisotopic (exact) mass is 1350 g/mol. The van der Waals surface area contributed by atoms with E-state index >= 15 is 0 Å². The van der Waals surface area contributed by atoms with Gasteiger partial charge in [-0.15, -0.1) is 0 Å². The number of rotatable bonds is 25. The summed E-state index contributed by atoms with van der Waals surface area (Å²) in [5.41, 5.74) is 15.1. The van der Waals surface area contributed by atoms with Gasteiger partial charge in [0, 0.05) is 80.8 Å². The van der Waals surface area contributed by atoms with Crippen LogP contribution < -0.4 is 36.1 Å². The molecule has 19 heteroatoms. The fraction of sp³-hybridized carbons (Fsp3) is 0.333.